The molecule has 0 atom stereocenters. The van der Waals surface area contributed by atoms with Gasteiger partial charge in [-0.15, -0.1) is 0 Å². The van der Waals surface area contributed by atoms with Gasteiger partial charge < -0.3 is 4.90 Å². The van der Waals surface area contributed by atoms with Crippen LogP contribution in [0.15, 0.2) is 22.7 Å². The Hall–Kier alpha value is -1.37. The Bertz CT molecular complexity index is 528. The molecule has 3 nitrogen and oxygen atoms in total. The summed E-state index contributed by atoms with van der Waals surface area (Å²) in [6, 6.07) is 3.17. The van der Waals surface area contributed by atoms with Crippen molar-refractivity contribution in [3.8, 4) is 0 Å². The lowest BCUT2D eigenvalue weighted by molar-refractivity contribution is -0.137. The lowest BCUT2D eigenvalue weighted by Gasteiger charge is -2.17. The normalized spacial score (nSPS) is 16.6. The first-order chi connectivity index (χ1) is 8.29. The minimum Gasteiger partial charge on any atom is -0.305 e. The quantitative estimate of drug-likeness (QED) is 0.746. The highest BCUT2D eigenvalue weighted by atomic mass is 79.9. The fourth-order valence-corrected chi connectivity index (χ4v) is 2.19. The predicted molar refractivity (Wildman–Crippen MR) is 61.1 cm³/mol. The summed E-state index contributed by atoms with van der Waals surface area (Å²) in [5, 5.41) is 0. The molecular formula is C11H7BrF3NO2. The maximum atomic E-state index is 12.6. The Morgan fingerprint density at radius 2 is 1.83 bits per heavy atom. The molecule has 0 aromatic heterocycles. The number of halogens is 4. The molecule has 1 aromatic carbocycles. The van der Waals surface area contributed by atoms with Crippen LogP contribution in [0.5, 0.6) is 0 Å². The molecule has 18 heavy (non-hydrogen) atoms. The van der Waals surface area contributed by atoms with Crippen molar-refractivity contribution in [2.75, 3.05) is 11.4 Å². The molecule has 1 aromatic rings. The molecular weight excluding hydrogens is 315 g/mol. The summed E-state index contributed by atoms with van der Waals surface area (Å²) < 4.78 is 38.1. The molecule has 1 fully saturated rings. The van der Waals surface area contributed by atoms with Crippen LogP contribution in [0.4, 0.5) is 18.9 Å². The lowest BCUT2D eigenvalue weighted by atomic mass is 10.2. The Kier molecular flexibility index (Phi) is 3.18. The van der Waals surface area contributed by atoms with Crippen LogP contribution in [0.1, 0.15) is 12.0 Å². The molecule has 1 aliphatic rings. The summed E-state index contributed by atoms with van der Waals surface area (Å²) in [5.74, 6) is -1.34. The Balaban J connectivity index is 2.43. The Morgan fingerprint density at radius 3 is 2.33 bits per heavy atom. The second-order valence-electron chi connectivity index (χ2n) is 3.83. The van der Waals surface area contributed by atoms with Crippen LogP contribution in [-0.2, 0) is 15.8 Å². The molecule has 2 rings (SSSR count). The molecule has 0 N–H and O–H groups in total. The van der Waals surface area contributed by atoms with E-state index in [0.717, 1.165) is 17.0 Å². The van der Waals surface area contributed by atoms with Gasteiger partial charge in [0, 0.05) is 23.1 Å². The number of hydrogen-bond acceptors (Lipinski definition) is 2. The highest BCUT2D eigenvalue weighted by molar-refractivity contribution is 9.10. The number of hydrogen-bond donors (Lipinski definition) is 0. The summed E-state index contributed by atoms with van der Waals surface area (Å²) in [6.45, 7) is 0.116. The molecule has 0 bridgehead atoms. The number of ketones is 1. The average molecular weight is 322 g/mol. The van der Waals surface area contributed by atoms with Crippen molar-refractivity contribution < 1.29 is 22.8 Å². The van der Waals surface area contributed by atoms with Gasteiger partial charge >= 0.3 is 6.18 Å². The number of Topliss-reactive ketones (excluding diaryl/α,β-unsaturated/α-hetero) is 1. The smallest absolute Gasteiger partial charge is 0.305 e. The fourth-order valence-electron chi connectivity index (χ4n) is 1.71. The van der Waals surface area contributed by atoms with Gasteiger partial charge in [0.2, 0.25) is 5.78 Å². The number of carbonyl (C=O) groups is 2. The maximum absolute atomic E-state index is 12.6. The molecule has 0 unspecified atom stereocenters. The molecule has 1 heterocycles. The van der Waals surface area contributed by atoms with E-state index in [9.17, 15) is 22.8 Å². The van der Waals surface area contributed by atoms with Crippen molar-refractivity contribution in [1.29, 1.82) is 0 Å². The van der Waals surface area contributed by atoms with Crippen LogP contribution in [-0.4, -0.2) is 18.2 Å². The fraction of sp³-hybridized carbons (Fsp3) is 0.273. The Labute approximate surface area is 109 Å². The second-order valence-corrected chi connectivity index (χ2v) is 4.74. The zero-order valence-electron chi connectivity index (χ0n) is 8.92. The minimum absolute atomic E-state index is 0.0344. The van der Waals surface area contributed by atoms with E-state index >= 15 is 0 Å². The lowest BCUT2D eigenvalue weighted by Crippen LogP contribution is -2.27. The molecule has 96 valence electrons. The summed E-state index contributed by atoms with van der Waals surface area (Å²) in [7, 11) is 0. The first kappa shape index (κ1) is 13.1. The van der Waals surface area contributed by atoms with E-state index in [0.29, 0.717) is 0 Å². The van der Waals surface area contributed by atoms with Gasteiger partial charge in [-0.05, 0) is 18.2 Å². The molecule has 0 spiro atoms. The van der Waals surface area contributed by atoms with Crippen LogP contribution >= 0.6 is 15.9 Å². The minimum atomic E-state index is -4.49. The molecule has 1 aliphatic heterocycles. The van der Waals surface area contributed by atoms with Crippen molar-refractivity contribution in [2.45, 2.75) is 12.6 Å². The monoisotopic (exact) mass is 321 g/mol. The zero-order chi connectivity index (χ0) is 13.5. The van der Waals surface area contributed by atoms with Gasteiger partial charge in [0.25, 0.3) is 5.91 Å². The summed E-state index contributed by atoms with van der Waals surface area (Å²) >= 11 is 2.96. The molecule has 0 radical (unpaired) electrons. The van der Waals surface area contributed by atoms with Gasteiger partial charge in [-0.1, -0.05) is 15.9 Å². The third-order valence-electron chi connectivity index (χ3n) is 2.57. The third-order valence-corrected chi connectivity index (χ3v) is 3.03. The highest BCUT2D eigenvalue weighted by Gasteiger charge is 2.34. The van der Waals surface area contributed by atoms with Crippen LogP contribution in [0.25, 0.3) is 0 Å². The first-order valence-corrected chi connectivity index (χ1v) is 5.81. The van der Waals surface area contributed by atoms with Gasteiger partial charge in [0.05, 0.1) is 5.56 Å². The molecule has 7 heteroatoms. The summed E-state index contributed by atoms with van der Waals surface area (Å²) in [4.78, 5) is 23.6. The van der Waals surface area contributed by atoms with Gasteiger partial charge in [-0.3, -0.25) is 9.59 Å². The number of alkyl halides is 3. The number of carbonyl (C=O) groups excluding carboxylic acids is 2. The molecule has 0 aliphatic carbocycles. The van der Waals surface area contributed by atoms with Gasteiger partial charge in [0.15, 0.2) is 0 Å². The van der Waals surface area contributed by atoms with Gasteiger partial charge in [-0.25, -0.2) is 0 Å². The topological polar surface area (TPSA) is 37.4 Å². The van der Waals surface area contributed by atoms with Crippen molar-refractivity contribution in [3.05, 3.63) is 28.2 Å². The molecule has 1 amide bonds. The van der Waals surface area contributed by atoms with E-state index in [1.807, 2.05) is 0 Å². The van der Waals surface area contributed by atoms with E-state index in [2.05, 4.69) is 15.9 Å². The molecule has 1 saturated heterocycles. The number of rotatable bonds is 1. The van der Waals surface area contributed by atoms with Crippen molar-refractivity contribution >= 4 is 33.3 Å². The highest BCUT2D eigenvalue weighted by Crippen LogP contribution is 2.35. The van der Waals surface area contributed by atoms with Gasteiger partial charge in [-0.2, -0.15) is 13.2 Å². The number of nitrogens with zero attached hydrogens (tertiary/aromatic N) is 1. The van der Waals surface area contributed by atoms with Crippen LogP contribution < -0.4 is 4.90 Å². The van der Waals surface area contributed by atoms with E-state index < -0.39 is 23.4 Å². The largest absolute Gasteiger partial charge is 0.416 e. The number of amides is 1. The predicted octanol–water partition coefficient (Wildman–Crippen LogP) is 2.77. The summed E-state index contributed by atoms with van der Waals surface area (Å²) in [5.41, 5.74) is -0.786. The zero-order valence-corrected chi connectivity index (χ0v) is 10.5. The summed E-state index contributed by atoms with van der Waals surface area (Å²) in [6.07, 6.45) is -4.46. The van der Waals surface area contributed by atoms with Crippen molar-refractivity contribution in [1.82, 2.24) is 0 Å². The number of anilines is 1. The second kappa shape index (κ2) is 4.38. The maximum Gasteiger partial charge on any atom is 0.416 e. The first-order valence-electron chi connectivity index (χ1n) is 5.01. The number of benzene rings is 1. The van der Waals surface area contributed by atoms with E-state index in [1.165, 1.54) is 6.07 Å². The third kappa shape index (κ3) is 2.40. The Morgan fingerprint density at radius 1 is 1.17 bits per heavy atom. The van der Waals surface area contributed by atoms with E-state index in [-0.39, 0.29) is 23.1 Å². The van der Waals surface area contributed by atoms with Crippen LogP contribution in [0.2, 0.25) is 0 Å². The van der Waals surface area contributed by atoms with E-state index in [1.54, 1.807) is 0 Å². The van der Waals surface area contributed by atoms with Crippen LogP contribution in [0, 0.1) is 0 Å². The van der Waals surface area contributed by atoms with Crippen LogP contribution in [0.3, 0.4) is 0 Å². The van der Waals surface area contributed by atoms with Crippen molar-refractivity contribution in [2.24, 2.45) is 0 Å². The molecule has 0 saturated carbocycles. The average Bonchev–Trinajstić information content (AvgIpc) is 2.58. The SMILES string of the molecule is O=C1CCN(c2cc(Br)cc(C(F)(F)F)c2)C1=O. The van der Waals surface area contributed by atoms with Gasteiger partial charge in [0.1, 0.15) is 0 Å². The van der Waals surface area contributed by atoms with E-state index in [4.69, 9.17) is 0 Å². The van der Waals surface area contributed by atoms with Crippen molar-refractivity contribution in [3.63, 3.8) is 0 Å². The standard InChI is InChI=1S/C11H7BrF3NO2/c12-7-3-6(11(13,14)15)4-8(5-7)16-2-1-9(17)10(16)18/h3-5H,1-2H2.